The van der Waals surface area contributed by atoms with Gasteiger partial charge < -0.3 is 10.1 Å². The molecule has 5 rings (SSSR count). The minimum absolute atomic E-state index is 0.292. The zero-order valence-electron chi connectivity index (χ0n) is 12.6. The van der Waals surface area contributed by atoms with Gasteiger partial charge in [-0.15, -0.1) is 0 Å². The molecule has 0 bridgehead atoms. The van der Waals surface area contributed by atoms with E-state index in [2.05, 4.69) is 23.2 Å². The number of fused-ring (bicyclic) bond motifs is 5. The quantitative estimate of drug-likeness (QED) is 0.540. The molecule has 0 radical (unpaired) electrons. The molecule has 0 aliphatic heterocycles. The number of aromatic amines is 1. The van der Waals surface area contributed by atoms with Crippen molar-refractivity contribution >= 4 is 21.8 Å². The number of aryl methyl sites for hydroxylation is 1. The molecule has 23 heavy (non-hydrogen) atoms. The fourth-order valence-corrected chi connectivity index (χ4v) is 3.86. The first-order valence-electron chi connectivity index (χ1n) is 8.02. The second-order valence-electron chi connectivity index (χ2n) is 6.22. The zero-order valence-corrected chi connectivity index (χ0v) is 12.6. The van der Waals surface area contributed by atoms with Gasteiger partial charge in [0, 0.05) is 28.0 Å². The van der Waals surface area contributed by atoms with Crippen LogP contribution in [-0.2, 0) is 12.8 Å². The van der Waals surface area contributed by atoms with Crippen molar-refractivity contribution in [3.8, 4) is 17.0 Å². The van der Waals surface area contributed by atoms with E-state index in [1.165, 1.54) is 33.8 Å². The van der Waals surface area contributed by atoms with Gasteiger partial charge in [-0.25, -0.2) is 4.98 Å². The summed E-state index contributed by atoms with van der Waals surface area (Å²) < 4.78 is 0. The maximum Gasteiger partial charge on any atom is 0.115 e. The van der Waals surface area contributed by atoms with Crippen LogP contribution in [0, 0.1) is 0 Å². The monoisotopic (exact) mass is 300 g/mol. The Morgan fingerprint density at radius 2 is 1.74 bits per heavy atom. The molecule has 112 valence electrons. The van der Waals surface area contributed by atoms with E-state index in [-0.39, 0.29) is 0 Å². The molecule has 4 aromatic rings. The third kappa shape index (κ3) is 1.80. The number of hydrogen-bond donors (Lipinski definition) is 2. The molecule has 0 saturated heterocycles. The van der Waals surface area contributed by atoms with Crippen LogP contribution in [0.1, 0.15) is 17.5 Å². The average molecular weight is 300 g/mol. The van der Waals surface area contributed by atoms with Crippen LogP contribution in [0.3, 0.4) is 0 Å². The second-order valence-corrected chi connectivity index (χ2v) is 6.22. The number of nitrogens with one attached hydrogen (secondary N) is 1. The molecule has 0 amide bonds. The van der Waals surface area contributed by atoms with Gasteiger partial charge in [0.2, 0.25) is 0 Å². The fraction of sp³-hybridized carbons (Fsp3) is 0.150. The van der Waals surface area contributed by atoms with Crippen molar-refractivity contribution < 1.29 is 5.11 Å². The third-order valence-electron chi connectivity index (χ3n) is 4.89. The standard InChI is InChI=1S/C20H16N2O/c23-13-6-4-12(5-7-13)20-15-3-1-2-14(15)19-16-10-11-21-17(16)8-9-18(19)22-20/h4-11,21,23H,1-3H2. The largest absolute Gasteiger partial charge is 0.508 e. The molecule has 0 unspecified atom stereocenters. The predicted molar refractivity (Wildman–Crippen MR) is 92.7 cm³/mol. The van der Waals surface area contributed by atoms with Crippen LogP contribution in [0.5, 0.6) is 5.75 Å². The first-order chi connectivity index (χ1) is 11.3. The summed E-state index contributed by atoms with van der Waals surface area (Å²) in [5.74, 6) is 0.292. The summed E-state index contributed by atoms with van der Waals surface area (Å²) in [6.07, 6.45) is 5.38. The molecule has 1 aliphatic rings. The Bertz CT molecular complexity index is 1040. The number of nitrogens with zero attached hydrogens (tertiary/aromatic N) is 1. The Morgan fingerprint density at radius 3 is 2.61 bits per heavy atom. The first kappa shape index (κ1) is 12.7. The number of phenolic OH excluding ortho intramolecular Hbond substituents is 1. The molecule has 0 fully saturated rings. The minimum Gasteiger partial charge on any atom is -0.508 e. The predicted octanol–water partition coefficient (Wildman–Crippen LogP) is 4.58. The first-order valence-corrected chi connectivity index (χ1v) is 8.02. The smallest absolute Gasteiger partial charge is 0.115 e. The lowest BCUT2D eigenvalue weighted by Gasteiger charge is -2.12. The normalized spacial score (nSPS) is 13.7. The molecule has 3 nitrogen and oxygen atoms in total. The maximum atomic E-state index is 9.54. The SMILES string of the molecule is Oc1ccc(-c2nc3ccc4[nH]ccc4c3c3c2CCC3)cc1. The van der Waals surface area contributed by atoms with Crippen LogP contribution in [0.15, 0.2) is 48.7 Å². The van der Waals surface area contributed by atoms with Crippen molar-refractivity contribution in [3.63, 3.8) is 0 Å². The Hall–Kier alpha value is -2.81. The van der Waals surface area contributed by atoms with E-state index in [9.17, 15) is 5.11 Å². The molecule has 0 atom stereocenters. The Labute approximate surface area is 133 Å². The van der Waals surface area contributed by atoms with Crippen molar-refractivity contribution in [1.82, 2.24) is 9.97 Å². The van der Waals surface area contributed by atoms with E-state index in [1.54, 1.807) is 12.1 Å². The Morgan fingerprint density at radius 1 is 0.913 bits per heavy atom. The lowest BCUT2D eigenvalue weighted by atomic mass is 9.97. The van der Waals surface area contributed by atoms with Crippen molar-refractivity contribution in [1.29, 1.82) is 0 Å². The van der Waals surface area contributed by atoms with Crippen molar-refractivity contribution in [2.24, 2.45) is 0 Å². The number of aromatic nitrogens is 2. The molecular weight excluding hydrogens is 284 g/mol. The van der Waals surface area contributed by atoms with E-state index in [1.807, 2.05) is 18.3 Å². The Balaban J connectivity index is 1.88. The second kappa shape index (κ2) is 4.59. The topological polar surface area (TPSA) is 48.9 Å². The summed E-state index contributed by atoms with van der Waals surface area (Å²) >= 11 is 0. The van der Waals surface area contributed by atoms with E-state index >= 15 is 0 Å². The molecule has 3 heteroatoms. The van der Waals surface area contributed by atoms with Gasteiger partial charge in [0.1, 0.15) is 5.75 Å². The maximum absolute atomic E-state index is 9.54. The van der Waals surface area contributed by atoms with Crippen molar-refractivity contribution in [3.05, 3.63) is 59.8 Å². The highest BCUT2D eigenvalue weighted by Gasteiger charge is 2.22. The van der Waals surface area contributed by atoms with Crippen molar-refractivity contribution in [2.45, 2.75) is 19.3 Å². The number of H-pyrrole nitrogens is 1. The van der Waals surface area contributed by atoms with Gasteiger partial charge >= 0.3 is 0 Å². The number of hydrogen-bond acceptors (Lipinski definition) is 2. The minimum atomic E-state index is 0.292. The molecule has 2 aromatic carbocycles. The third-order valence-corrected chi connectivity index (χ3v) is 4.89. The summed E-state index contributed by atoms with van der Waals surface area (Å²) in [7, 11) is 0. The number of pyridine rings is 1. The van der Waals surface area contributed by atoms with Gasteiger partial charge in [-0.1, -0.05) is 0 Å². The highest BCUT2D eigenvalue weighted by molar-refractivity contribution is 6.08. The van der Waals surface area contributed by atoms with Crippen LogP contribution in [0.25, 0.3) is 33.1 Å². The lowest BCUT2D eigenvalue weighted by molar-refractivity contribution is 0.475. The summed E-state index contributed by atoms with van der Waals surface area (Å²) in [6, 6.07) is 13.7. The number of benzene rings is 2. The van der Waals surface area contributed by atoms with Crippen LogP contribution >= 0.6 is 0 Å². The lowest BCUT2D eigenvalue weighted by Crippen LogP contribution is -1.96. The van der Waals surface area contributed by atoms with Crippen LogP contribution in [0.2, 0.25) is 0 Å². The van der Waals surface area contributed by atoms with Crippen LogP contribution in [0.4, 0.5) is 0 Å². The summed E-state index contributed by atoms with van der Waals surface area (Å²) in [5, 5.41) is 12.1. The van der Waals surface area contributed by atoms with Gasteiger partial charge in [-0.3, -0.25) is 0 Å². The molecule has 0 saturated carbocycles. The van der Waals surface area contributed by atoms with Crippen molar-refractivity contribution in [2.75, 3.05) is 0 Å². The highest BCUT2D eigenvalue weighted by Crippen LogP contribution is 2.38. The number of aromatic hydroxyl groups is 1. The summed E-state index contributed by atoms with van der Waals surface area (Å²) in [6.45, 7) is 0. The van der Waals surface area contributed by atoms with Gasteiger partial charge in [-0.05, 0) is 72.9 Å². The summed E-state index contributed by atoms with van der Waals surface area (Å²) in [4.78, 5) is 8.28. The highest BCUT2D eigenvalue weighted by atomic mass is 16.3. The van der Waals surface area contributed by atoms with Gasteiger partial charge in [0.25, 0.3) is 0 Å². The van der Waals surface area contributed by atoms with E-state index in [4.69, 9.17) is 4.98 Å². The van der Waals surface area contributed by atoms with Gasteiger partial charge in [0.15, 0.2) is 0 Å². The van der Waals surface area contributed by atoms with Gasteiger partial charge in [0.05, 0.1) is 11.2 Å². The molecule has 1 aliphatic carbocycles. The van der Waals surface area contributed by atoms with E-state index in [0.29, 0.717) is 5.75 Å². The van der Waals surface area contributed by atoms with Gasteiger partial charge in [-0.2, -0.15) is 0 Å². The molecule has 0 spiro atoms. The summed E-state index contributed by atoms with van der Waals surface area (Å²) in [5.41, 5.74) is 7.20. The molecule has 2 heterocycles. The average Bonchev–Trinajstić information content (AvgIpc) is 3.23. The molecule has 2 aromatic heterocycles. The molecule has 2 N–H and O–H groups in total. The molecular formula is C20H16N2O. The van der Waals surface area contributed by atoms with E-state index < -0.39 is 0 Å². The van der Waals surface area contributed by atoms with Crippen LogP contribution < -0.4 is 0 Å². The Kier molecular flexibility index (Phi) is 2.54. The number of phenols is 1. The zero-order chi connectivity index (χ0) is 15.4. The van der Waals surface area contributed by atoms with Crippen LogP contribution in [-0.4, -0.2) is 15.1 Å². The van der Waals surface area contributed by atoms with E-state index in [0.717, 1.165) is 29.6 Å². The fourth-order valence-electron chi connectivity index (χ4n) is 3.86. The number of rotatable bonds is 1.